The molecule has 3 aromatic rings. The number of allylic oxidation sites excluding steroid dienone is 1. The number of rotatable bonds is 6. The Morgan fingerprint density at radius 1 is 1.24 bits per heavy atom. The van der Waals surface area contributed by atoms with Gasteiger partial charge in [0.25, 0.3) is 0 Å². The molecule has 0 saturated carbocycles. The summed E-state index contributed by atoms with van der Waals surface area (Å²) in [5.74, 6) is 0.564. The Bertz CT molecular complexity index is 855. The first-order valence-corrected chi connectivity index (χ1v) is 8.96. The average Bonchev–Trinajstić information content (AvgIpc) is 3.22. The Balaban J connectivity index is 1.68. The molecule has 130 valence electrons. The highest BCUT2D eigenvalue weighted by Gasteiger charge is 2.30. The van der Waals surface area contributed by atoms with Crippen LogP contribution in [-0.4, -0.2) is 25.2 Å². The van der Waals surface area contributed by atoms with Crippen molar-refractivity contribution in [1.29, 1.82) is 0 Å². The minimum absolute atomic E-state index is 0.517. The van der Waals surface area contributed by atoms with Crippen LogP contribution in [0, 0.1) is 0 Å². The molecule has 0 radical (unpaired) electrons. The van der Waals surface area contributed by atoms with Gasteiger partial charge in [0.05, 0.1) is 17.8 Å². The fraction of sp³-hybridized carbons (Fsp3) is 0.200. The van der Waals surface area contributed by atoms with Gasteiger partial charge in [-0.2, -0.15) is 13.2 Å². The van der Waals surface area contributed by atoms with Crippen molar-refractivity contribution in [2.45, 2.75) is 23.6 Å². The summed E-state index contributed by atoms with van der Waals surface area (Å²) in [6.07, 6.45) is -2.63. The molecular weight excluding hydrogens is 371 g/mol. The van der Waals surface area contributed by atoms with Gasteiger partial charge >= 0.3 is 6.18 Å². The molecule has 10 heteroatoms. The van der Waals surface area contributed by atoms with Crippen LogP contribution >= 0.6 is 23.1 Å². The zero-order valence-corrected chi connectivity index (χ0v) is 14.4. The van der Waals surface area contributed by atoms with Crippen LogP contribution in [-0.2, 0) is 18.5 Å². The van der Waals surface area contributed by atoms with E-state index in [1.807, 2.05) is 5.38 Å². The maximum atomic E-state index is 12.6. The molecule has 0 fully saturated rings. The number of hydrogen-bond donors (Lipinski definition) is 0. The molecule has 0 aliphatic rings. The zero-order chi connectivity index (χ0) is 17.9. The summed E-state index contributed by atoms with van der Waals surface area (Å²) in [6.45, 7) is 4.16. The van der Waals surface area contributed by atoms with E-state index in [-0.39, 0.29) is 0 Å². The van der Waals surface area contributed by atoms with Crippen LogP contribution in [0.3, 0.4) is 0 Å². The molecular formula is C15H12F3N5S2. The third kappa shape index (κ3) is 4.26. The number of aromatic nitrogens is 5. The van der Waals surface area contributed by atoms with Crippen molar-refractivity contribution in [3.05, 3.63) is 53.6 Å². The van der Waals surface area contributed by atoms with Crippen LogP contribution in [0.1, 0.15) is 11.3 Å². The Morgan fingerprint density at radius 3 is 2.68 bits per heavy atom. The molecule has 0 aliphatic carbocycles. The second kappa shape index (κ2) is 7.36. The van der Waals surface area contributed by atoms with Gasteiger partial charge in [-0.25, -0.2) is 9.67 Å². The summed E-state index contributed by atoms with van der Waals surface area (Å²) in [4.78, 5) is 4.47. The number of thioether (sulfide) groups is 1. The maximum Gasteiger partial charge on any atom is 0.416 e. The van der Waals surface area contributed by atoms with Crippen LogP contribution in [0.5, 0.6) is 0 Å². The average molecular weight is 383 g/mol. The molecule has 0 amide bonds. The van der Waals surface area contributed by atoms with Crippen molar-refractivity contribution in [3.8, 4) is 10.6 Å². The minimum atomic E-state index is -4.33. The Labute approximate surface area is 149 Å². The van der Waals surface area contributed by atoms with E-state index in [1.165, 1.54) is 35.2 Å². The Kier molecular flexibility index (Phi) is 5.19. The maximum absolute atomic E-state index is 12.6. The molecule has 25 heavy (non-hydrogen) atoms. The van der Waals surface area contributed by atoms with Gasteiger partial charge in [-0.05, 0) is 22.6 Å². The summed E-state index contributed by atoms with van der Waals surface area (Å²) >= 11 is 2.82. The molecule has 0 spiro atoms. The molecule has 1 aromatic carbocycles. The number of hydrogen-bond acceptors (Lipinski definition) is 6. The first-order chi connectivity index (χ1) is 12.0. The van der Waals surface area contributed by atoms with Crippen molar-refractivity contribution in [3.63, 3.8) is 0 Å². The van der Waals surface area contributed by atoms with E-state index in [0.29, 0.717) is 28.0 Å². The standard InChI is InChI=1S/C15H12F3N5S2/c1-2-7-23-14(20-21-22-23)25-9-12-8-24-13(19-12)10-3-5-11(6-4-10)15(16,17)18/h2-6,8H,1,7,9H2. The number of nitrogens with zero attached hydrogens (tertiary/aromatic N) is 5. The van der Waals surface area contributed by atoms with Crippen molar-refractivity contribution in [2.75, 3.05) is 0 Å². The zero-order valence-electron chi connectivity index (χ0n) is 12.8. The normalized spacial score (nSPS) is 11.6. The quantitative estimate of drug-likeness (QED) is 0.469. The highest BCUT2D eigenvalue weighted by molar-refractivity contribution is 7.98. The molecule has 3 rings (SSSR count). The summed E-state index contributed by atoms with van der Waals surface area (Å²) in [5, 5.41) is 14.6. The molecule has 5 nitrogen and oxygen atoms in total. The van der Waals surface area contributed by atoms with Crippen molar-refractivity contribution < 1.29 is 13.2 Å². The molecule has 0 saturated heterocycles. The van der Waals surface area contributed by atoms with Gasteiger partial charge in [0.2, 0.25) is 5.16 Å². The van der Waals surface area contributed by atoms with Gasteiger partial charge < -0.3 is 0 Å². The number of thiazole rings is 1. The first kappa shape index (κ1) is 17.6. The Hall–Kier alpha value is -2.20. The summed E-state index contributed by atoms with van der Waals surface area (Å²) in [6, 6.07) is 5.00. The molecule has 0 aliphatic heterocycles. The topological polar surface area (TPSA) is 56.5 Å². The molecule has 2 aromatic heterocycles. The molecule has 0 N–H and O–H groups in total. The van der Waals surface area contributed by atoms with E-state index in [2.05, 4.69) is 27.1 Å². The number of halogens is 3. The summed E-state index contributed by atoms with van der Waals surface area (Å²) in [7, 11) is 0. The van der Waals surface area contributed by atoms with E-state index < -0.39 is 11.7 Å². The van der Waals surface area contributed by atoms with Crippen molar-refractivity contribution in [1.82, 2.24) is 25.2 Å². The van der Waals surface area contributed by atoms with E-state index in [1.54, 1.807) is 10.8 Å². The van der Waals surface area contributed by atoms with Crippen LogP contribution in [0.2, 0.25) is 0 Å². The second-order valence-corrected chi connectivity index (χ2v) is 6.74. The second-order valence-electron chi connectivity index (χ2n) is 4.94. The fourth-order valence-electron chi connectivity index (χ4n) is 1.98. The van der Waals surface area contributed by atoms with E-state index in [0.717, 1.165) is 17.8 Å². The van der Waals surface area contributed by atoms with Gasteiger partial charge in [-0.15, -0.1) is 23.0 Å². The SMILES string of the molecule is C=CCn1nnnc1SCc1csc(-c2ccc(C(F)(F)F)cc2)n1. The van der Waals surface area contributed by atoms with Crippen LogP contribution < -0.4 is 0 Å². The largest absolute Gasteiger partial charge is 0.416 e. The van der Waals surface area contributed by atoms with Gasteiger partial charge in [-0.3, -0.25) is 0 Å². The number of alkyl halides is 3. The molecule has 0 bridgehead atoms. The lowest BCUT2D eigenvalue weighted by molar-refractivity contribution is -0.137. The molecule has 2 heterocycles. The van der Waals surface area contributed by atoms with Crippen molar-refractivity contribution in [2.24, 2.45) is 0 Å². The van der Waals surface area contributed by atoms with E-state index in [9.17, 15) is 13.2 Å². The first-order valence-electron chi connectivity index (χ1n) is 7.09. The van der Waals surface area contributed by atoms with Crippen LogP contribution in [0.15, 0.2) is 47.5 Å². The van der Waals surface area contributed by atoms with Gasteiger partial charge in [0.15, 0.2) is 0 Å². The van der Waals surface area contributed by atoms with Crippen molar-refractivity contribution >= 4 is 23.1 Å². The summed E-state index contributed by atoms with van der Waals surface area (Å²) in [5.41, 5.74) is 0.807. The molecule has 0 unspecified atom stereocenters. The van der Waals surface area contributed by atoms with Crippen LogP contribution in [0.4, 0.5) is 13.2 Å². The van der Waals surface area contributed by atoms with E-state index in [4.69, 9.17) is 0 Å². The number of tetrazole rings is 1. The lowest BCUT2D eigenvalue weighted by Gasteiger charge is -2.06. The van der Waals surface area contributed by atoms with E-state index >= 15 is 0 Å². The Morgan fingerprint density at radius 2 is 2.00 bits per heavy atom. The minimum Gasteiger partial charge on any atom is -0.240 e. The lowest BCUT2D eigenvalue weighted by atomic mass is 10.1. The highest BCUT2D eigenvalue weighted by atomic mass is 32.2. The smallest absolute Gasteiger partial charge is 0.240 e. The lowest BCUT2D eigenvalue weighted by Crippen LogP contribution is -2.03. The van der Waals surface area contributed by atoms with Gasteiger partial charge in [0, 0.05) is 16.7 Å². The molecule has 0 atom stereocenters. The third-order valence-corrected chi connectivity index (χ3v) is 5.09. The fourth-order valence-corrected chi connectivity index (χ4v) is 3.69. The predicted molar refractivity (Wildman–Crippen MR) is 90.1 cm³/mol. The highest BCUT2D eigenvalue weighted by Crippen LogP contribution is 2.32. The van der Waals surface area contributed by atoms with Gasteiger partial charge in [-0.1, -0.05) is 30.0 Å². The van der Waals surface area contributed by atoms with Crippen LogP contribution in [0.25, 0.3) is 10.6 Å². The number of benzene rings is 1. The summed E-state index contributed by atoms with van der Waals surface area (Å²) < 4.78 is 39.5. The monoisotopic (exact) mass is 383 g/mol. The third-order valence-electron chi connectivity index (χ3n) is 3.16. The predicted octanol–water partition coefficient (Wildman–Crippen LogP) is 4.29. The van der Waals surface area contributed by atoms with Gasteiger partial charge in [0.1, 0.15) is 5.01 Å².